The zero-order valence-electron chi connectivity index (χ0n) is 14.5. The minimum Gasteiger partial charge on any atom is -0.467 e. The van der Waals surface area contributed by atoms with E-state index < -0.39 is 0 Å². The number of fused-ring (bicyclic) bond motifs is 1. The van der Waals surface area contributed by atoms with Gasteiger partial charge in [-0.25, -0.2) is 4.52 Å². The summed E-state index contributed by atoms with van der Waals surface area (Å²) in [5.74, 6) is 1.59. The second-order valence-electron chi connectivity index (χ2n) is 6.61. The van der Waals surface area contributed by atoms with Crippen LogP contribution in [0.25, 0.3) is 5.52 Å². The molecule has 0 saturated heterocycles. The van der Waals surface area contributed by atoms with Crippen LogP contribution in [0.4, 0.5) is 5.82 Å². The first-order chi connectivity index (χ1) is 13.0. The summed E-state index contributed by atoms with van der Waals surface area (Å²) in [5.41, 5.74) is 9.44. The molecule has 0 aliphatic heterocycles. The zero-order valence-corrected chi connectivity index (χ0v) is 17.6. The number of hydrogen-bond acceptors (Lipinski definition) is 5. The molecule has 3 heterocycles. The third-order valence-corrected chi connectivity index (χ3v) is 6.14. The quantitative estimate of drug-likeness (QED) is 0.561. The smallest absolute Gasteiger partial charge is 0.243 e. The highest BCUT2D eigenvalue weighted by atomic mass is 79.9. The minimum atomic E-state index is -0.0575. The van der Waals surface area contributed by atoms with Crippen molar-refractivity contribution in [2.45, 2.75) is 38.3 Å². The summed E-state index contributed by atoms with van der Waals surface area (Å²) in [6.07, 6.45) is 5.13. The van der Waals surface area contributed by atoms with Crippen molar-refractivity contribution in [2.75, 3.05) is 5.32 Å². The van der Waals surface area contributed by atoms with Crippen LogP contribution in [0.3, 0.4) is 0 Å². The van der Waals surface area contributed by atoms with Crippen LogP contribution in [0.5, 0.6) is 0 Å². The Hall–Kier alpha value is -1.54. The Morgan fingerprint density at radius 1 is 1.44 bits per heavy atom. The summed E-state index contributed by atoms with van der Waals surface area (Å²) in [6.45, 7) is 2.55. The van der Waals surface area contributed by atoms with Crippen LogP contribution in [-0.2, 0) is 6.54 Å². The van der Waals surface area contributed by atoms with Crippen molar-refractivity contribution in [3.63, 3.8) is 0 Å². The molecule has 0 radical (unpaired) electrons. The topological polar surface area (TPSA) is 81.4 Å². The minimum absolute atomic E-state index is 0.0575. The first kappa shape index (κ1) is 18.8. The number of furan rings is 1. The number of nitrogens with one attached hydrogen (secondary N) is 1. The monoisotopic (exact) mass is 469 g/mol. The highest BCUT2D eigenvalue weighted by Gasteiger charge is 2.30. The summed E-state index contributed by atoms with van der Waals surface area (Å²) < 4.78 is 8.00. The van der Waals surface area contributed by atoms with Crippen molar-refractivity contribution >= 4 is 50.5 Å². The molecule has 0 bridgehead atoms. The number of nitrogens with zero attached hydrogens (tertiary/aromatic N) is 3. The molecule has 9 heteroatoms. The molecular formula is C18H18BrCl2N5O. The van der Waals surface area contributed by atoms with E-state index in [-0.39, 0.29) is 17.2 Å². The largest absolute Gasteiger partial charge is 0.467 e. The number of rotatable bonds is 4. The normalized spacial score (nSPS) is 20.1. The van der Waals surface area contributed by atoms with Gasteiger partial charge in [-0.15, -0.1) is 5.10 Å². The van der Waals surface area contributed by atoms with E-state index in [0.29, 0.717) is 18.8 Å². The molecule has 6 nitrogen and oxygen atoms in total. The van der Waals surface area contributed by atoms with Crippen LogP contribution in [0, 0.1) is 6.92 Å². The Kier molecular flexibility index (Phi) is 5.20. The van der Waals surface area contributed by atoms with Gasteiger partial charge < -0.3 is 15.5 Å². The summed E-state index contributed by atoms with van der Waals surface area (Å²) in [7, 11) is 0. The fourth-order valence-electron chi connectivity index (χ4n) is 3.63. The van der Waals surface area contributed by atoms with E-state index in [1.165, 1.54) is 0 Å². The maximum atomic E-state index is 6.41. The molecule has 2 atom stereocenters. The number of anilines is 1. The van der Waals surface area contributed by atoms with Crippen LogP contribution in [0.15, 0.2) is 38.5 Å². The van der Waals surface area contributed by atoms with E-state index in [1.807, 2.05) is 18.2 Å². The predicted octanol–water partition coefficient (Wildman–Crippen LogP) is 4.99. The molecule has 0 saturated carbocycles. The Morgan fingerprint density at radius 3 is 2.96 bits per heavy atom. The van der Waals surface area contributed by atoms with Gasteiger partial charge in [0.05, 0.1) is 12.8 Å². The highest BCUT2D eigenvalue weighted by Crippen LogP contribution is 2.41. The maximum Gasteiger partial charge on any atom is 0.243 e. The molecule has 0 fully saturated rings. The van der Waals surface area contributed by atoms with Crippen LogP contribution >= 0.6 is 39.1 Å². The van der Waals surface area contributed by atoms with E-state index in [9.17, 15) is 0 Å². The molecule has 0 aromatic carbocycles. The first-order valence-corrected chi connectivity index (χ1v) is 10.1. The van der Waals surface area contributed by atoms with Crippen molar-refractivity contribution in [3.05, 3.63) is 56.3 Å². The molecule has 4 rings (SSSR count). The van der Waals surface area contributed by atoms with Crippen molar-refractivity contribution in [1.29, 1.82) is 0 Å². The molecule has 3 N–H and O–H groups in total. The molecule has 1 aliphatic rings. The van der Waals surface area contributed by atoms with Crippen LogP contribution in [0.1, 0.15) is 35.6 Å². The molecule has 0 spiro atoms. The predicted molar refractivity (Wildman–Crippen MR) is 110 cm³/mol. The molecular weight excluding hydrogens is 453 g/mol. The van der Waals surface area contributed by atoms with Crippen molar-refractivity contribution in [3.8, 4) is 0 Å². The Morgan fingerprint density at radius 2 is 2.26 bits per heavy atom. The van der Waals surface area contributed by atoms with Gasteiger partial charge in [0, 0.05) is 17.0 Å². The molecule has 3 aromatic heterocycles. The molecule has 0 amide bonds. The van der Waals surface area contributed by atoms with Gasteiger partial charge in [0.1, 0.15) is 15.9 Å². The van der Waals surface area contributed by atoms with Crippen LogP contribution < -0.4 is 11.1 Å². The second-order valence-corrected chi connectivity index (χ2v) is 8.19. The number of halogens is 3. The van der Waals surface area contributed by atoms with Gasteiger partial charge in [0.25, 0.3) is 0 Å². The molecule has 27 heavy (non-hydrogen) atoms. The lowest BCUT2D eigenvalue weighted by molar-refractivity contribution is 0.513. The fourth-order valence-corrected chi connectivity index (χ4v) is 4.90. The van der Waals surface area contributed by atoms with Crippen molar-refractivity contribution < 1.29 is 4.42 Å². The van der Waals surface area contributed by atoms with Gasteiger partial charge in [-0.3, -0.25) is 0 Å². The fraction of sp³-hybridized carbons (Fsp3) is 0.333. The first-order valence-electron chi connectivity index (χ1n) is 8.56. The lowest BCUT2D eigenvalue weighted by Crippen LogP contribution is -2.31. The lowest BCUT2D eigenvalue weighted by Gasteiger charge is -2.27. The van der Waals surface area contributed by atoms with Gasteiger partial charge in [0.15, 0.2) is 5.82 Å². The van der Waals surface area contributed by atoms with Gasteiger partial charge in [-0.2, -0.15) is 4.98 Å². The number of aryl methyl sites for hydroxylation is 1. The number of aromatic nitrogens is 3. The zero-order chi connectivity index (χ0) is 19.1. The number of hydrogen-bond donors (Lipinski definition) is 2. The Bertz CT molecular complexity index is 1010. The summed E-state index contributed by atoms with van der Waals surface area (Å²) >= 11 is 16.0. The molecule has 2 unspecified atom stereocenters. The average molecular weight is 471 g/mol. The van der Waals surface area contributed by atoms with E-state index in [1.54, 1.807) is 10.8 Å². The summed E-state index contributed by atoms with van der Waals surface area (Å²) in [5, 5.41) is 8.65. The van der Waals surface area contributed by atoms with Crippen molar-refractivity contribution in [1.82, 2.24) is 14.6 Å². The number of nitrogens with two attached hydrogens (primary N) is 1. The second kappa shape index (κ2) is 7.47. The lowest BCUT2D eigenvalue weighted by atomic mass is 9.83. The maximum absolute atomic E-state index is 6.41. The van der Waals surface area contributed by atoms with E-state index >= 15 is 0 Å². The SMILES string of the molecule is Cc1c(C2CC=C(Cl)CC2N)c(Br)n2nc(Cl)nc(NCc3ccco3)c12. The number of allylic oxidation sites excluding steroid dienone is 1. The molecule has 142 valence electrons. The standard InChI is InChI=1S/C18H18BrCl2N5O/c1-9-14(12-5-4-10(20)7-13(12)22)16(19)26-15(9)17(24-18(21)25-26)23-8-11-3-2-6-27-11/h2-4,6,12-13H,5,7-8,22H2,1H3,(H,23,24,25). The average Bonchev–Trinajstić information content (AvgIpc) is 3.22. The van der Waals surface area contributed by atoms with Crippen LogP contribution in [0.2, 0.25) is 5.28 Å². The Balaban J connectivity index is 1.79. The Labute approximate surface area is 174 Å². The van der Waals surface area contributed by atoms with Gasteiger partial charge in [-0.05, 0) is 70.6 Å². The summed E-state index contributed by atoms with van der Waals surface area (Å²) in [6, 6.07) is 3.69. The molecule has 3 aromatic rings. The third kappa shape index (κ3) is 3.49. The van der Waals surface area contributed by atoms with Gasteiger partial charge in [0.2, 0.25) is 5.28 Å². The molecule has 1 aliphatic carbocycles. The van der Waals surface area contributed by atoms with E-state index in [2.05, 4.69) is 38.3 Å². The van der Waals surface area contributed by atoms with Gasteiger partial charge >= 0.3 is 0 Å². The third-order valence-electron chi connectivity index (χ3n) is 4.91. The van der Waals surface area contributed by atoms with Gasteiger partial charge in [-0.1, -0.05) is 17.7 Å². The van der Waals surface area contributed by atoms with Crippen LogP contribution in [-0.4, -0.2) is 20.6 Å². The van der Waals surface area contributed by atoms with E-state index in [0.717, 1.165) is 38.5 Å². The summed E-state index contributed by atoms with van der Waals surface area (Å²) in [4.78, 5) is 4.39. The highest BCUT2D eigenvalue weighted by molar-refractivity contribution is 9.10. The van der Waals surface area contributed by atoms with Crippen molar-refractivity contribution in [2.24, 2.45) is 5.73 Å². The van der Waals surface area contributed by atoms with E-state index in [4.69, 9.17) is 33.4 Å².